The molecule has 1 aromatic carbocycles. The first-order chi connectivity index (χ1) is 12.8. The molecule has 2 heterocycles. The third-order valence-corrected chi connectivity index (χ3v) is 4.45. The fourth-order valence-electron chi connectivity index (χ4n) is 2.42. The fourth-order valence-corrected chi connectivity index (χ4v) is 2.89. The quantitative estimate of drug-likeness (QED) is 0.657. The number of hydrogen-bond donors (Lipinski definition) is 1. The van der Waals surface area contributed by atoms with Crippen LogP contribution in [0.5, 0.6) is 0 Å². The van der Waals surface area contributed by atoms with E-state index in [9.17, 15) is 18.5 Å². The Kier molecular flexibility index (Phi) is 4.81. The van der Waals surface area contributed by atoms with E-state index in [4.69, 9.17) is 14.3 Å². The molecule has 0 aliphatic carbocycles. The van der Waals surface area contributed by atoms with E-state index in [1.807, 2.05) is 24.3 Å². The zero-order valence-corrected chi connectivity index (χ0v) is 14.9. The Morgan fingerprint density at radius 3 is 2.59 bits per heavy atom. The molecule has 0 amide bonds. The first kappa shape index (κ1) is 18.4. The Morgan fingerprint density at radius 1 is 1.30 bits per heavy atom. The van der Waals surface area contributed by atoms with E-state index < -0.39 is 21.1 Å². The molecule has 0 saturated heterocycles. The van der Waals surface area contributed by atoms with Gasteiger partial charge in [-0.05, 0) is 31.2 Å². The highest BCUT2D eigenvalue weighted by molar-refractivity contribution is 7.89. The summed E-state index contributed by atoms with van der Waals surface area (Å²) in [5, 5.41) is 18.1. The third kappa shape index (κ3) is 3.74. The van der Waals surface area contributed by atoms with Crippen LogP contribution in [0.1, 0.15) is 27.5 Å². The van der Waals surface area contributed by atoms with Crippen LogP contribution in [0.4, 0.5) is 0 Å². The molecular weight excluding hydrogens is 372 g/mol. The number of furan rings is 1. The predicted molar refractivity (Wildman–Crippen MR) is 92.2 cm³/mol. The van der Waals surface area contributed by atoms with Crippen LogP contribution >= 0.6 is 0 Å². The van der Waals surface area contributed by atoms with Crippen LogP contribution in [0, 0.1) is 18.3 Å². The molecule has 0 spiro atoms. The monoisotopic (exact) mass is 386 g/mol. The predicted octanol–water partition coefficient (Wildman–Crippen LogP) is 1.65. The van der Waals surface area contributed by atoms with Crippen molar-refractivity contribution in [1.29, 1.82) is 5.26 Å². The van der Waals surface area contributed by atoms with Crippen LogP contribution in [-0.4, -0.2) is 24.2 Å². The third-order valence-electron chi connectivity index (χ3n) is 3.67. The Hall–Kier alpha value is -3.42. The van der Waals surface area contributed by atoms with Gasteiger partial charge in [-0.2, -0.15) is 10.4 Å². The minimum Gasteiger partial charge on any atom is -0.453 e. The van der Waals surface area contributed by atoms with Gasteiger partial charge in [0, 0.05) is 0 Å². The summed E-state index contributed by atoms with van der Waals surface area (Å²) in [6.07, 6.45) is 0. The summed E-state index contributed by atoms with van der Waals surface area (Å²) in [5.74, 6) is -1.22. The number of carbonyl (C=O) groups excluding carboxylic acids is 1. The Labute approximate surface area is 154 Å². The van der Waals surface area contributed by atoms with E-state index in [1.165, 1.54) is 4.68 Å². The van der Waals surface area contributed by atoms with Crippen molar-refractivity contribution in [3.63, 3.8) is 0 Å². The molecule has 27 heavy (non-hydrogen) atoms. The lowest BCUT2D eigenvalue weighted by molar-refractivity contribution is 0.0422. The standard InChI is InChI=1S/C17H14N4O5S/c1-11-13(9-18)14(21(20-11)12-5-3-2-4-6-12)10-25-17(22)15-7-8-16(26-15)27(19,23)24/h2-8H,10H2,1H3,(H2,19,23,24). The maximum absolute atomic E-state index is 12.1. The second-order valence-corrected chi connectivity index (χ2v) is 7.00. The number of primary sulfonamides is 1. The molecule has 2 N–H and O–H groups in total. The van der Waals surface area contributed by atoms with Crippen molar-refractivity contribution in [3.05, 3.63) is 65.2 Å². The maximum atomic E-state index is 12.1. The summed E-state index contributed by atoms with van der Waals surface area (Å²) in [6, 6.07) is 13.3. The van der Waals surface area contributed by atoms with Crippen LogP contribution in [0.25, 0.3) is 5.69 Å². The van der Waals surface area contributed by atoms with Gasteiger partial charge in [-0.1, -0.05) is 18.2 Å². The summed E-state index contributed by atoms with van der Waals surface area (Å²) in [7, 11) is -4.06. The van der Waals surface area contributed by atoms with E-state index in [1.54, 1.807) is 19.1 Å². The second-order valence-electron chi connectivity index (χ2n) is 5.51. The molecular formula is C17H14N4O5S. The number of esters is 1. The molecule has 0 saturated carbocycles. The molecule has 0 fully saturated rings. The van der Waals surface area contributed by atoms with E-state index in [0.29, 0.717) is 17.1 Å². The molecule has 0 unspecified atom stereocenters. The number of benzene rings is 1. The number of aryl methyl sites for hydroxylation is 1. The molecule has 2 aromatic heterocycles. The maximum Gasteiger partial charge on any atom is 0.374 e. The van der Waals surface area contributed by atoms with Crippen molar-refractivity contribution in [2.24, 2.45) is 5.14 Å². The SMILES string of the molecule is Cc1nn(-c2ccccc2)c(COC(=O)c2ccc(S(N)(=O)=O)o2)c1C#N. The number of sulfonamides is 1. The van der Waals surface area contributed by atoms with E-state index >= 15 is 0 Å². The van der Waals surface area contributed by atoms with Gasteiger partial charge >= 0.3 is 5.97 Å². The van der Waals surface area contributed by atoms with E-state index in [-0.39, 0.29) is 17.9 Å². The highest BCUT2D eigenvalue weighted by atomic mass is 32.2. The molecule has 0 aliphatic rings. The lowest BCUT2D eigenvalue weighted by Crippen LogP contribution is -2.11. The first-order valence-electron chi connectivity index (χ1n) is 7.65. The van der Waals surface area contributed by atoms with Crippen molar-refractivity contribution in [3.8, 4) is 11.8 Å². The summed E-state index contributed by atoms with van der Waals surface area (Å²) in [6.45, 7) is 1.41. The summed E-state index contributed by atoms with van der Waals surface area (Å²) in [5.41, 5.74) is 1.86. The average molecular weight is 386 g/mol. The Balaban J connectivity index is 1.87. The fraction of sp³-hybridized carbons (Fsp3) is 0.118. The zero-order valence-electron chi connectivity index (χ0n) is 14.1. The van der Waals surface area contributed by atoms with Crippen molar-refractivity contribution < 1.29 is 22.4 Å². The number of aromatic nitrogens is 2. The van der Waals surface area contributed by atoms with Gasteiger partial charge in [0.1, 0.15) is 18.2 Å². The van der Waals surface area contributed by atoms with Gasteiger partial charge in [0.15, 0.2) is 0 Å². The number of para-hydroxylation sites is 1. The number of ether oxygens (including phenoxy) is 1. The second kappa shape index (κ2) is 7.06. The van der Waals surface area contributed by atoms with Crippen LogP contribution in [-0.2, 0) is 21.4 Å². The minimum atomic E-state index is -4.06. The van der Waals surface area contributed by atoms with Crippen LogP contribution in [0.2, 0.25) is 0 Å². The van der Waals surface area contributed by atoms with Gasteiger partial charge in [-0.3, -0.25) is 0 Å². The van der Waals surface area contributed by atoms with Gasteiger partial charge < -0.3 is 9.15 Å². The summed E-state index contributed by atoms with van der Waals surface area (Å²) >= 11 is 0. The topological polar surface area (TPSA) is 141 Å². The van der Waals surface area contributed by atoms with Gasteiger partial charge in [-0.25, -0.2) is 23.0 Å². The number of carbonyl (C=O) groups is 1. The smallest absolute Gasteiger partial charge is 0.374 e. The minimum absolute atomic E-state index is 0.261. The molecule has 0 bridgehead atoms. The molecule has 0 aliphatic heterocycles. The van der Waals surface area contributed by atoms with Crippen molar-refractivity contribution in [2.75, 3.05) is 0 Å². The molecule has 3 rings (SSSR count). The van der Waals surface area contributed by atoms with Crippen LogP contribution in [0.15, 0.2) is 52.0 Å². The number of nitrogens with two attached hydrogens (primary N) is 1. The number of hydrogen-bond acceptors (Lipinski definition) is 7. The van der Waals surface area contributed by atoms with Crippen LogP contribution < -0.4 is 5.14 Å². The highest BCUT2D eigenvalue weighted by Crippen LogP contribution is 2.20. The molecule has 9 nitrogen and oxygen atoms in total. The van der Waals surface area contributed by atoms with Crippen molar-refractivity contribution >= 4 is 16.0 Å². The van der Waals surface area contributed by atoms with Crippen molar-refractivity contribution in [1.82, 2.24) is 9.78 Å². The molecule has 3 aromatic rings. The highest BCUT2D eigenvalue weighted by Gasteiger charge is 2.21. The van der Waals surface area contributed by atoms with Gasteiger partial charge in [0.05, 0.1) is 17.1 Å². The molecule has 0 atom stereocenters. The van der Waals surface area contributed by atoms with Crippen LogP contribution in [0.3, 0.4) is 0 Å². The van der Waals surface area contributed by atoms with Crippen molar-refractivity contribution in [2.45, 2.75) is 18.6 Å². The summed E-state index contributed by atoms with van der Waals surface area (Å²) in [4.78, 5) is 12.1. The Morgan fingerprint density at radius 2 is 2.00 bits per heavy atom. The molecule has 0 radical (unpaired) electrons. The lowest BCUT2D eigenvalue weighted by Gasteiger charge is -2.08. The number of rotatable bonds is 5. The average Bonchev–Trinajstić information content (AvgIpc) is 3.25. The van der Waals surface area contributed by atoms with Gasteiger partial charge in [0.25, 0.3) is 10.0 Å². The van der Waals surface area contributed by atoms with E-state index in [0.717, 1.165) is 12.1 Å². The van der Waals surface area contributed by atoms with E-state index in [2.05, 4.69) is 5.10 Å². The number of nitriles is 1. The molecule has 138 valence electrons. The molecule has 10 heteroatoms. The zero-order chi connectivity index (χ0) is 19.6. The first-order valence-corrected chi connectivity index (χ1v) is 9.19. The largest absolute Gasteiger partial charge is 0.453 e. The number of nitrogens with zero attached hydrogens (tertiary/aromatic N) is 3. The van der Waals surface area contributed by atoms with Gasteiger partial charge in [0.2, 0.25) is 10.9 Å². The lowest BCUT2D eigenvalue weighted by atomic mass is 10.2. The van der Waals surface area contributed by atoms with Gasteiger partial charge in [-0.15, -0.1) is 0 Å². The normalized spacial score (nSPS) is 11.1. The summed E-state index contributed by atoms with van der Waals surface area (Å²) < 4.78 is 34.0. The Bertz CT molecular complexity index is 1140.